The molecule has 29 heavy (non-hydrogen) atoms. The van der Waals surface area contributed by atoms with Crippen LogP contribution in [0.15, 0.2) is 52.4 Å². The molecule has 0 aliphatic heterocycles. The van der Waals surface area contributed by atoms with Crippen LogP contribution in [0.5, 0.6) is 0 Å². The molecule has 3 unspecified atom stereocenters. The largest absolute Gasteiger partial charge is 0.337 e. The average molecular weight is 387 g/mol. The number of rotatable bonds is 4. The van der Waals surface area contributed by atoms with Gasteiger partial charge in [-0.1, -0.05) is 17.3 Å². The maximum Gasteiger partial charge on any atom is 0.280 e. The van der Waals surface area contributed by atoms with E-state index in [1.807, 2.05) is 24.4 Å². The van der Waals surface area contributed by atoms with Crippen molar-refractivity contribution in [3.8, 4) is 0 Å². The average Bonchev–Trinajstić information content (AvgIpc) is 3.16. The van der Waals surface area contributed by atoms with E-state index >= 15 is 0 Å². The summed E-state index contributed by atoms with van der Waals surface area (Å²) in [6.07, 6.45) is 8.14. The van der Waals surface area contributed by atoms with Crippen LogP contribution in [0.4, 0.5) is 0 Å². The van der Waals surface area contributed by atoms with Gasteiger partial charge in [-0.2, -0.15) is 4.98 Å². The molecule has 0 spiro atoms. The first-order chi connectivity index (χ1) is 14.2. The monoisotopic (exact) mass is 387 g/mol. The second-order valence-electron chi connectivity index (χ2n) is 7.63. The van der Waals surface area contributed by atoms with E-state index in [1.54, 1.807) is 17.9 Å². The summed E-state index contributed by atoms with van der Waals surface area (Å²) in [7, 11) is 1.77. The van der Waals surface area contributed by atoms with Crippen LogP contribution in [0.2, 0.25) is 0 Å². The molecule has 0 amide bonds. The highest BCUT2D eigenvalue weighted by Crippen LogP contribution is 2.62. The van der Waals surface area contributed by atoms with Crippen LogP contribution < -0.4 is 5.56 Å². The van der Waals surface area contributed by atoms with E-state index in [-0.39, 0.29) is 18.0 Å². The Kier molecular flexibility index (Phi) is 3.35. The first-order valence-electron chi connectivity index (χ1n) is 9.50. The summed E-state index contributed by atoms with van der Waals surface area (Å²) < 4.78 is 8.55. The van der Waals surface area contributed by atoms with Gasteiger partial charge in [0.1, 0.15) is 12.9 Å². The molecule has 9 nitrogen and oxygen atoms in total. The Hall–Kier alpha value is -3.62. The fourth-order valence-electron chi connectivity index (χ4n) is 4.35. The van der Waals surface area contributed by atoms with Gasteiger partial charge in [0.25, 0.3) is 5.56 Å². The quantitative estimate of drug-likeness (QED) is 0.525. The molecule has 6 rings (SSSR count). The van der Waals surface area contributed by atoms with E-state index in [1.165, 1.54) is 16.5 Å². The molecule has 144 valence electrons. The number of aryl methyl sites for hydroxylation is 1. The van der Waals surface area contributed by atoms with Crippen LogP contribution in [0, 0.1) is 11.8 Å². The standard InChI is InChI=1S/C20H17N7O2/c1-26-9-22-19-17(26)20(28)27(10-23-19)8-15-24-18(25-29-15)16-12-6-11(7-13(12)16)14-4-2-3-5-21-14/h2-6,9-10,12-13,16H,7-8H2,1H3. The van der Waals surface area contributed by atoms with E-state index in [0.29, 0.717) is 34.7 Å². The minimum absolute atomic E-state index is 0.180. The number of aromatic nitrogens is 7. The molecule has 0 aromatic carbocycles. The van der Waals surface area contributed by atoms with E-state index in [4.69, 9.17) is 4.52 Å². The van der Waals surface area contributed by atoms with Gasteiger partial charge in [-0.3, -0.25) is 14.3 Å². The molecule has 1 fully saturated rings. The summed E-state index contributed by atoms with van der Waals surface area (Å²) in [6.45, 7) is 0.191. The number of hydrogen-bond acceptors (Lipinski definition) is 7. The van der Waals surface area contributed by atoms with Crippen LogP contribution in [0.1, 0.15) is 29.7 Å². The zero-order valence-electron chi connectivity index (χ0n) is 15.6. The highest BCUT2D eigenvalue weighted by atomic mass is 16.5. The molecule has 4 aromatic heterocycles. The SMILES string of the molecule is Cn1cnc2ncn(Cc3nc(C4C5C=C(c6ccccn6)CC54)no3)c(=O)c21. The van der Waals surface area contributed by atoms with Gasteiger partial charge in [0.05, 0.1) is 12.0 Å². The summed E-state index contributed by atoms with van der Waals surface area (Å²) in [5, 5.41) is 4.17. The maximum absolute atomic E-state index is 12.7. The van der Waals surface area contributed by atoms with Crippen molar-refractivity contribution < 1.29 is 4.52 Å². The maximum atomic E-state index is 12.7. The van der Waals surface area contributed by atoms with Crippen molar-refractivity contribution in [2.75, 3.05) is 0 Å². The summed E-state index contributed by atoms with van der Waals surface area (Å²) in [6, 6.07) is 5.98. The zero-order chi connectivity index (χ0) is 19.5. The lowest BCUT2D eigenvalue weighted by Gasteiger charge is -2.03. The number of imidazole rings is 1. The Morgan fingerprint density at radius 1 is 1.21 bits per heavy atom. The molecule has 9 heteroatoms. The van der Waals surface area contributed by atoms with E-state index in [9.17, 15) is 4.79 Å². The molecule has 2 aliphatic carbocycles. The van der Waals surface area contributed by atoms with Gasteiger partial charge in [-0.25, -0.2) is 9.97 Å². The van der Waals surface area contributed by atoms with Gasteiger partial charge in [-0.05, 0) is 36.0 Å². The van der Waals surface area contributed by atoms with Crippen LogP contribution >= 0.6 is 0 Å². The highest BCUT2D eigenvalue weighted by molar-refractivity contribution is 5.69. The van der Waals surface area contributed by atoms with Crippen LogP contribution in [-0.4, -0.2) is 34.2 Å². The Morgan fingerprint density at radius 3 is 2.90 bits per heavy atom. The van der Waals surface area contributed by atoms with Crippen molar-refractivity contribution >= 4 is 16.7 Å². The number of nitrogens with zero attached hydrogens (tertiary/aromatic N) is 7. The first kappa shape index (κ1) is 16.3. The minimum Gasteiger partial charge on any atom is -0.337 e. The highest BCUT2D eigenvalue weighted by Gasteiger charge is 2.55. The molecule has 4 heterocycles. The van der Waals surface area contributed by atoms with Crippen LogP contribution in [-0.2, 0) is 13.6 Å². The molecule has 0 bridgehead atoms. The molecule has 2 aliphatic rings. The number of pyridine rings is 1. The lowest BCUT2D eigenvalue weighted by atomic mass is 10.1. The van der Waals surface area contributed by atoms with Gasteiger partial charge >= 0.3 is 0 Å². The van der Waals surface area contributed by atoms with E-state index in [2.05, 4.69) is 31.2 Å². The zero-order valence-corrected chi connectivity index (χ0v) is 15.6. The fourth-order valence-corrected chi connectivity index (χ4v) is 4.35. The van der Waals surface area contributed by atoms with E-state index < -0.39 is 0 Å². The third-order valence-electron chi connectivity index (χ3n) is 5.86. The molecule has 4 aromatic rings. The first-order valence-corrected chi connectivity index (χ1v) is 9.50. The molecule has 0 saturated heterocycles. The topological polar surface area (TPSA) is 105 Å². The molecular formula is C20H17N7O2. The lowest BCUT2D eigenvalue weighted by molar-refractivity contribution is 0.364. The number of allylic oxidation sites excluding steroid dienone is 2. The normalized spacial score (nSPS) is 22.7. The predicted octanol–water partition coefficient (Wildman–Crippen LogP) is 1.77. The van der Waals surface area contributed by atoms with E-state index in [0.717, 1.165) is 12.1 Å². The summed E-state index contributed by atoms with van der Waals surface area (Å²) >= 11 is 0. The molecule has 0 radical (unpaired) electrons. The molecule has 1 saturated carbocycles. The van der Waals surface area contributed by atoms with Crippen molar-refractivity contribution in [1.82, 2.24) is 34.2 Å². The van der Waals surface area contributed by atoms with Crippen molar-refractivity contribution in [3.63, 3.8) is 0 Å². The summed E-state index contributed by atoms with van der Waals surface area (Å²) in [4.78, 5) is 30.0. The molecular weight excluding hydrogens is 370 g/mol. The van der Waals surface area contributed by atoms with Gasteiger partial charge < -0.3 is 9.09 Å². The van der Waals surface area contributed by atoms with Gasteiger partial charge in [-0.15, -0.1) is 0 Å². The van der Waals surface area contributed by atoms with Crippen molar-refractivity contribution in [2.45, 2.75) is 18.9 Å². The minimum atomic E-state index is -0.180. The van der Waals surface area contributed by atoms with Gasteiger partial charge in [0.15, 0.2) is 17.0 Å². The Morgan fingerprint density at radius 2 is 2.10 bits per heavy atom. The predicted molar refractivity (Wildman–Crippen MR) is 103 cm³/mol. The Balaban J connectivity index is 1.22. The molecule has 0 N–H and O–H groups in total. The van der Waals surface area contributed by atoms with Gasteiger partial charge in [0, 0.05) is 19.2 Å². The molecule has 3 atom stereocenters. The second-order valence-corrected chi connectivity index (χ2v) is 7.63. The third kappa shape index (κ3) is 2.54. The van der Waals surface area contributed by atoms with Crippen LogP contribution in [0.3, 0.4) is 0 Å². The van der Waals surface area contributed by atoms with Crippen molar-refractivity contribution in [2.24, 2.45) is 18.9 Å². The number of fused-ring (bicyclic) bond motifs is 2. The Bertz CT molecular complexity index is 1320. The van der Waals surface area contributed by atoms with Crippen LogP contribution in [0.25, 0.3) is 16.7 Å². The van der Waals surface area contributed by atoms with Crippen molar-refractivity contribution in [1.29, 1.82) is 0 Å². The third-order valence-corrected chi connectivity index (χ3v) is 5.86. The number of hydrogen-bond donors (Lipinski definition) is 0. The fraction of sp³-hybridized carbons (Fsp3) is 0.300. The smallest absolute Gasteiger partial charge is 0.280 e. The summed E-state index contributed by atoms with van der Waals surface area (Å²) in [5.74, 6) is 2.35. The lowest BCUT2D eigenvalue weighted by Crippen LogP contribution is -2.22. The van der Waals surface area contributed by atoms with Gasteiger partial charge in [0.2, 0.25) is 5.89 Å². The van der Waals surface area contributed by atoms with Crippen molar-refractivity contribution in [3.05, 3.63) is 70.9 Å². The Labute approximate surface area is 164 Å². The summed E-state index contributed by atoms with van der Waals surface area (Å²) in [5.41, 5.74) is 3.05. The second kappa shape index (κ2) is 5.94.